The standard InChI is InChI=1S/C49H29N3S.C45H27N3S.C43H25N3S/c1-3-11-31(12-4-1)40-27-25-34-23-24-35-26-28-41(51-48(35)47(34)50-40)32-21-19-30(20-22-32)38-29-39-44(45-37-16-8-10-18-43(37)53-49(38)45)36-15-7-9-17-42(36)52-46(39)33-13-5-2-6-14-33;1-3-14-28(15-4-1)30-18-13-19-31(26-30)45-47-38-24-11-8-21-33(38)43(48-45)36-27-35-40(41-34-22-9-12-25-39(34)49-44(36)41)32-20-7-10-23-37(32)46-42(35)29-16-5-2-6-17-29;1-3-11-26(12-4-1)34-23-21-28-19-20-29-22-24-36(46-42(29)41(28)44-34)32-25-33-38(39-31-16-8-10-18-37(31)47-43(32)39)30-15-7-9-17-35(30)45-40(33)27-13-5-2-6-14-27/h1-29H;1-27H;1-25H. The molecule has 0 bridgehead atoms. The van der Waals surface area contributed by atoms with Crippen LogP contribution in [0.1, 0.15) is 0 Å². The number of para-hydroxylation sites is 4. The average molecular weight is 1950 g/mol. The van der Waals surface area contributed by atoms with Gasteiger partial charge in [0.25, 0.3) is 0 Å². The minimum absolute atomic E-state index is 0.709. The van der Waals surface area contributed by atoms with E-state index in [1.165, 1.54) is 98.8 Å². The topological polar surface area (TPSA) is 116 Å². The van der Waals surface area contributed by atoms with Gasteiger partial charge in [-0.3, -0.25) is 0 Å². The van der Waals surface area contributed by atoms with Gasteiger partial charge in [-0.2, -0.15) is 0 Å². The third-order valence-electron chi connectivity index (χ3n) is 29.1. The molecule has 0 amide bonds. The quantitative estimate of drug-likeness (QED) is 0.117. The Bertz CT molecular complexity index is 10900. The molecule has 9 nitrogen and oxygen atoms in total. The number of thiophene rings is 3. The summed E-state index contributed by atoms with van der Waals surface area (Å²) in [4.78, 5) is 47.4. The fourth-order valence-electron chi connectivity index (χ4n) is 22.1. The maximum absolute atomic E-state index is 5.44. The van der Waals surface area contributed by atoms with Crippen molar-refractivity contribution in [1.82, 2.24) is 44.9 Å². The fraction of sp³-hybridized carbons (Fsp3) is 0. The molecule has 0 unspecified atom stereocenters. The van der Waals surface area contributed by atoms with Gasteiger partial charge in [-0.15, -0.1) is 34.0 Å². The lowest BCUT2D eigenvalue weighted by molar-refractivity contribution is 1.23. The van der Waals surface area contributed by atoms with Gasteiger partial charge in [-0.05, 0) is 108 Å². The molecule has 0 atom stereocenters. The molecule has 149 heavy (non-hydrogen) atoms. The lowest BCUT2D eigenvalue weighted by Gasteiger charge is -2.16. The minimum Gasteiger partial charge on any atom is -0.247 e. The average Bonchev–Trinajstić information content (AvgIpc) is 1.58. The Hall–Kier alpha value is -19.0. The molecule has 11 aromatic heterocycles. The first-order valence-electron chi connectivity index (χ1n) is 50.1. The van der Waals surface area contributed by atoms with E-state index in [0.29, 0.717) is 5.82 Å². The van der Waals surface area contributed by atoms with Crippen LogP contribution in [0.4, 0.5) is 0 Å². The SMILES string of the molecule is c1ccc(-c2ccc3ccc4ccc(-c5cc6c(-c7ccccc7)nc7ccccc7c6c6c5sc5ccccc56)nc4c3n2)cc1.c1ccc(-c2ccc3ccc4ccc(-c5ccc(-c6cc7c(-c8ccccc8)nc8ccccc8c7c7c6sc6ccccc67)cc5)nc4c3n2)cc1.c1ccc(-c2cccc(-c3nc(-c4cc5c(-c6ccccc6)nc6ccccc6c5c5c4sc4ccccc45)c4ccccc4n3)c2)cc1. The van der Waals surface area contributed by atoms with Gasteiger partial charge in [0, 0.05) is 192 Å². The second-order valence-corrected chi connectivity index (χ2v) is 41.0. The number of nitrogens with zero attached hydrogens (tertiary/aromatic N) is 9. The summed E-state index contributed by atoms with van der Waals surface area (Å²) in [6.07, 6.45) is 0. The largest absolute Gasteiger partial charge is 0.247 e. The van der Waals surface area contributed by atoms with E-state index in [1.54, 1.807) is 0 Å². The minimum atomic E-state index is 0.709. The molecule has 0 radical (unpaired) electrons. The van der Waals surface area contributed by atoms with Gasteiger partial charge in [-0.25, -0.2) is 44.9 Å². The Labute approximate surface area is 867 Å². The summed E-state index contributed by atoms with van der Waals surface area (Å²) in [6, 6.07) is 173. The van der Waals surface area contributed by atoms with Gasteiger partial charge < -0.3 is 0 Å². The molecule has 12 heteroatoms. The van der Waals surface area contributed by atoms with E-state index in [2.05, 4.69) is 473 Å². The summed E-state index contributed by atoms with van der Waals surface area (Å²) in [6.45, 7) is 0. The molecular formula is C137H81N9S3. The van der Waals surface area contributed by atoms with E-state index >= 15 is 0 Å². The van der Waals surface area contributed by atoms with Gasteiger partial charge in [-0.1, -0.05) is 400 Å². The zero-order chi connectivity index (χ0) is 98.1. The molecule has 11 heterocycles. The van der Waals surface area contributed by atoms with Crippen LogP contribution >= 0.6 is 34.0 Å². The molecule has 31 aromatic rings. The lowest BCUT2D eigenvalue weighted by Crippen LogP contribution is -1.97. The maximum atomic E-state index is 5.44. The Kier molecular flexibility index (Phi) is 21.0. The highest BCUT2D eigenvalue weighted by molar-refractivity contribution is 7.27. The molecule has 0 N–H and O–H groups in total. The van der Waals surface area contributed by atoms with Crippen molar-refractivity contribution in [3.63, 3.8) is 0 Å². The van der Waals surface area contributed by atoms with E-state index in [4.69, 9.17) is 44.9 Å². The Morgan fingerprint density at radius 3 is 0.832 bits per heavy atom. The molecule has 0 fully saturated rings. The van der Waals surface area contributed by atoms with Crippen molar-refractivity contribution in [1.29, 1.82) is 0 Å². The first kappa shape index (κ1) is 86.7. The third kappa shape index (κ3) is 15.0. The van der Waals surface area contributed by atoms with Crippen LogP contribution in [-0.2, 0) is 0 Å². The summed E-state index contributed by atoms with van der Waals surface area (Å²) >= 11 is 5.55. The lowest BCUT2D eigenvalue weighted by atomic mass is 9.92. The first-order chi connectivity index (χ1) is 73.9. The van der Waals surface area contributed by atoms with E-state index in [1.807, 2.05) is 52.2 Å². The van der Waals surface area contributed by atoms with Crippen molar-refractivity contribution in [3.05, 3.63) is 491 Å². The molecule has 31 rings (SSSR count). The maximum Gasteiger partial charge on any atom is 0.160 e. The van der Waals surface area contributed by atoms with Crippen LogP contribution in [0.2, 0.25) is 0 Å². The van der Waals surface area contributed by atoms with Crippen LogP contribution in [0.3, 0.4) is 0 Å². The highest BCUT2D eigenvalue weighted by Gasteiger charge is 2.28. The number of aromatic nitrogens is 9. The number of fused-ring (bicyclic) bond motifs is 28. The monoisotopic (exact) mass is 1950 g/mol. The van der Waals surface area contributed by atoms with Crippen LogP contribution in [-0.4, -0.2) is 44.9 Å². The van der Waals surface area contributed by atoms with Crippen LogP contribution in [0.5, 0.6) is 0 Å². The number of rotatable bonds is 11. The zero-order valence-corrected chi connectivity index (χ0v) is 82.5. The molecule has 20 aromatic carbocycles. The zero-order valence-electron chi connectivity index (χ0n) is 80.0. The molecule has 692 valence electrons. The number of pyridine rings is 7. The third-order valence-corrected chi connectivity index (χ3v) is 32.7. The van der Waals surface area contributed by atoms with Crippen molar-refractivity contribution >= 4 is 214 Å². The van der Waals surface area contributed by atoms with E-state index < -0.39 is 0 Å². The van der Waals surface area contributed by atoms with Crippen molar-refractivity contribution in [2.45, 2.75) is 0 Å². The number of benzene rings is 20. The Morgan fingerprint density at radius 2 is 0.423 bits per heavy atom. The summed E-state index contributed by atoms with van der Waals surface area (Å²) in [5.74, 6) is 0.709. The first-order valence-corrected chi connectivity index (χ1v) is 52.5. The second-order valence-electron chi connectivity index (χ2n) is 37.9. The Balaban J connectivity index is 0.000000105. The second kappa shape index (κ2) is 36.1. The number of hydrogen-bond acceptors (Lipinski definition) is 12. The molecule has 0 aliphatic carbocycles. The molecule has 0 saturated carbocycles. The summed E-state index contributed by atoms with van der Waals surface area (Å²) in [7, 11) is 0. The van der Waals surface area contributed by atoms with Crippen LogP contribution in [0.15, 0.2) is 491 Å². The van der Waals surface area contributed by atoms with Gasteiger partial charge >= 0.3 is 0 Å². The van der Waals surface area contributed by atoms with Crippen LogP contribution < -0.4 is 0 Å². The smallest absolute Gasteiger partial charge is 0.160 e. The normalized spacial score (nSPS) is 11.8. The molecule has 0 spiro atoms. The van der Waals surface area contributed by atoms with Crippen molar-refractivity contribution in [3.8, 4) is 124 Å². The van der Waals surface area contributed by atoms with Crippen LogP contribution in [0, 0.1) is 0 Å². The molecule has 0 aliphatic rings. The molecule has 0 aliphatic heterocycles. The highest BCUT2D eigenvalue weighted by Crippen LogP contribution is 2.54. The highest BCUT2D eigenvalue weighted by atomic mass is 32.1. The van der Waals surface area contributed by atoms with Crippen molar-refractivity contribution in [2.75, 3.05) is 0 Å². The van der Waals surface area contributed by atoms with E-state index in [9.17, 15) is 0 Å². The number of hydrogen-bond donors (Lipinski definition) is 0. The predicted octanol–water partition coefficient (Wildman–Crippen LogP) is 37.7. The van der Waals surface area contributed by atoms with E-state index in [-0.39, 0.29) is 0 Å². The molecular weight excluding hydrogens is 1870 g/mol. The van der Waals surface area contributed by atoms with Crippen molar-refractivity contribution in [2.24, 2.45) is 0 Å². The fourth-order valence-corrected chi connectivity index (χ4v) is 25.8. The van der Waals surface area contributed by atoms with Crippen LogP contribution in [0.25, 0.3) is 304 Å². The van der Waals surface area contributed by atoms with Gasteiger partial charge in [0.05, 0.1) is 89.7 Å². The van der Waals surface area contributed by atoms with Crippen molar-refractivity contribution < 1.29 is 0 Å². The predicted molar refractivity (Wildman–Crippen MR) is 631 cm³/mol. The molecule has 0 saturated heterocycles. The van der Waals surface area contributed by atoms with Gasteiger partial charge in [0.1, 0.15) is 0 Å². The van der Waals surface area contributed by atoms with E-state index in [0.717, 1.165) is 199 Å². The van der Waals surface area contributed by atoms with Gasteiger partial charge in [0.15, 0.2) is 5.82 Å². The summed E-state index contributed by atoms with van der Waals surface area (Å²) in [5, 5.41) is 23.6. The van der Waals surface area contributed by atoms with Gasteiger partial charge in [0.2, 0.25) is 0 Å². The summed E-state index contributed by atoms with van der Waals surface area (Å²) in [5.41, 5.74) is 29.7. The Morgan fingerprint density at radius 1 is 0.141 bits per heavy atom. The summed E-state index contributed by atoms with van der Waals surface area (Å²) < 4.78 is 7.54.